The van der Waals surface area contributed by atoms with Crippen LogP contribution in [0.2, 0.25) is 0 Å². The van der Waals surface area contributed by atoms with E-state index in [2.05, 4.69) is 33.1 Å². The van der Waals surface area contributed by atoms with Crippen molar-refractivity contribution in [3.05, 3.63) is 78.8 Å². The molecule has 0 aliphatic carbocycles. The van der Waals surface area contributed by atoms with Crippen molar-refractivity contribution >= 4 is 23.6 Å². The number of nitrogens with zero attached hydrogens (tertiary/aromatic N) is 6. The van der Waals surface area contributed by atoms with Crippen molar-refractivity contribution in [2.24, 2.45) is 0 Å². The second kappa shape index (κ2) is 17.2. The maximum atomic E-state index is 10.6. The van der Waals surface area contributed by atoms with E-state index in [-0.39, 0.29) is 0 Å². The fourth-order valence-corrected chi connectivity index (χ4v) is 3.91. The number of likely N-dealkylation sites (tertiary alicyclic amines) is 1. The smallest absolute Gasteiger partial charge is 0.475 e. The van der Waals surface area contributed by atoms with Crippen LogP contribution in [-0.4, -0.2) is 94.3 Å². The quantitative estimate of drug-likeness (QED) is 0.230. The number of halogens is 9. The minimum atomic E-state index is -5.08. The van der Waals surface area contributed by atoms with Crippen LogP contribution in [0.3, 0.4) is 0 Å². The Morgan fingerprint density at radius 3 is 1.86 bits per heavy atom. The van der Waals surface area contributed by atoms with Crippen LogP contribution in [-0.2, 0) is 20.9 Å². The van der Waals surface area contributed by atoms with Gasteiger partial charge in [-0.3, -0.25) is 14.9 Å². The Morgan fingerprint density at radius 1 is 0.776 bits per heavy atom. The molecule has 1 saturated heterocycles. The third-order valence-electron chi connectivity index (χ3n) is 6.05. The largest absolute Gasteiger partial charge is 0.490 e. The van der Waals surface area contributed by atoms with Crippen LogP contribution in [0.1, 0.15) is 30.3 Å². The van der Waals surface area contributed by atoms with E-state index >= 15 is 0 Å². The summed E-state index contributed by atoms with van der Waals surface area (Å²) in [5.41, 5.74) is 4.19. The number of alkyl halides is 9. The number of rotatable bonds is 4. The van der Waals surface area contributed by atoms with Gasteiger partial charge < -0.3 is 15.3 Å². The zero-order valence-corrected chi connectivity index (χ0v) is 24.6. The second-order valence-electron chi connectivity index (χ2n) is 9.74. The number of pyridine rings is 3. The normalized spacial score (nSPS) is 15.0. The van der Waals surface area contributed by atoms with Crippen molar-refractivity contribution < 1.29 is 69.2 Å². The molecule has 0 radical (unpaired) electrons. The SMILES string of the molecule is O=C(O)C(F)(F)F.O=C(O)C(F)(F)F.O=C(O)C(F)(F)F.c1ccc(CN2CCCC(c3nc4ccc(-c5cccnc5)cn4n3)C2)nc1. The van der Waals surface area contributed by atoms with E-state index in [0.717, 1.165) is 60.8 Å². The molecule has 0 aromatic carbocycles. The van der Waals surface area contributed by atoms with E-state index in [1.165, 1.54) is 0 Å². The molecule has 1 aliphatic rings. The van der Waals surface area contributed by atoms with E-state index in [4.69, 9.17) is 39.8 Å². The van der Waals surface area contributed by atoms with Crippen molar-refractivity contribution in [2.75, 3.05) is 13.1 Å². The lowest BCUT2D eigenvalue weighted by atomic mass is 9.97. The fraction of sp³-hybridized carbons (Fsp3) is 0.321. The monoisotopic (exact) mass is 712 g/mol. The summed E-state index contributed by atoms with van der Waals surface area (Å²) >= 11 is 0. The van der Waals surface area contributed by atoms with Crippen LogP contribution in [0.4, 0.5) is 39.5 Å². The zero-order valence-electron chi connectivity index (χ0n) is 24.6. The minimum absolute atomic E-state index is 0.360. The number of aromatic nitrogens is 5. The third-order valence-corrected chi connectivity index (χ3v) is 6.05. The first-order valence-electron chi connectivity index (χ1n) is 13.5. The topological polar surface area (TPSA) is 171 Å². The van der Waals surface area contributed by atoms with Gasteiger partial charge in [0.1, 0.15) is 0 Å². The van der Waals surface area contributed by atoms with Gasteiger partial charge in [-0.05, 0) is 49.7 Å². The highest BCUT2D eigenvalue weighted by atomic mass is 19.4. The molecule has 5 rings (SSSR count). The Hall–Kier alpha value is -5.34. The van der Waals surface area contributed by atoms with Crippen LogP contribution in [0.25, 0.3) is 16.8 Å². The molecular weight excluding hydrogens is 687 g/mol. The van der Waals surface area contributed by atoms with Crippen LogP contribution in [0.5, 0.6) is 0 Å². The molecule has 3 N–H and O–H groups in total. The lowest BCUT2D eigenvalue weighted by molar-refractivity contribution is -0.193. The van der Waals surface area contributed by atoms with Crippen molar-refractivity contribution in [3.8, 4) is 11.1 Å². The summed E-state index contributed by atoms with van der Waals surface area (Å²) in [5.74, 6) is -6.97. The molecule has 1 fully saturated rings. The Balaban J connectivity index is 0.000000325. The van der Waals surface area contributed by atoms with E-state index < -0.39 is 36.4 Å². The summed E-state index contributed by atoms with van der Waals surface area (Å²) in [6.45, 7) is 2.96. The maximum Gasteiger partial charge on any atom is 0.490 e. The number of carbonyl (C=O) groups is 3. The number of carboxylic acids is 3. The number of carboxylic acid groups (broad SMARTS) is 3. The summed E-state index contributed by atoms with van der Waals surface area (Å²) < 4.78 is 97.1. The minimum Gasteiger partial charge on any atom is -0.475 e. The molecular formula is C28H25F9N6O6. The van der Waals surface area contributed by atoms with Gasteiger partial charge in [0.05, 0.1) is 5.69 Å². The predicted molar refractivity (Wildman–Crippen MR) is 149 cm³/mol. The zero-order chi connectivity index (χ0) is 37.0. The average molecular weight is 713 g/mol. The van der Waals surface area contributed by atoms with Crippen molar-refractivity contribution in [1.29, 1.82) is 0 Å². The molecule has 4 aromatic heterocycles. The molecule has 5 heterocycles. The van der Waals surface area contributed by atoms with E-state index in [0.29, 0.717) is 5.92 Å². The molecule has 21 heteroatoms. The molecule has 1 atom stereocenters. The average Bonchev–Trinajstić information content (AvgIpc) is 3.45. The molecule has 12 nitrogen and oxygen atoms in total. The van der Waals surface area contributed by atoms with Crippen molar-refractivity contribution in [3.63, 3.8) is 0 Å². The van der Waals surface area contributed by atoms with Gasteiger partial charge in [-0.25, -0.2) is 23.9 Å². The molecule has 0 amide bonds. The summed E-state index contributed by atoms with van der Waals surface area (Å²) in [6.07, 6.45) is -5.40. The van der Waals surface area contributed by atoms with E-state index in [1.807, 2.05) is 47.4 Å². The van der Waals surface area contributed by atoms with Crippen LogP contribution >= 0.6 is 0 Å². The number of hydrogen-bond donors (Lipinski definition) is 3. The van der Waals surface area contributed by atoms with Crippen molar-refractivity contribution in [2.45, 2.75) is 43.8 Å². The molecule has 1 aliphatic heterocycles. The highest BCUT2D eigenvalue weighted by Gasteiger charge is 2.39. The van der Waals surface area contributed by atoms with Crippen molar-refractivity contribution in [1.82, 2.24) is 29.5 Å². The molecule has 266 valence electrons. The summed E-state index contributed by atoms with van der Waals surface area (Å²) in [5, 5.41) is 26.2. The number of hydrogen-bond acceptors (Lipinski definition) is 8. The molecule has 0 bridgehead atoms. The first-order valence-corrected chi connectivity index (χ1v) is 13.5. The number of aliphatic carboxylic acids is 3. The lowest BCUT2D eigenvalue weighted by Gasteiger charge is -2.31. The number of fused-ring (bicyclic) bond motifs is 1. The molecule has 0 saturated carbocycles. The fourth-order valence-electron chi connectivity index (χ4n) is 3.91. The highest BCUT2D eigenvalue weighted by molar-refractivity contribution is 5.73. The first kappa shape index (κ1) is 39.8. The maximum absolute atomic E-state index is 10.6. The Labute approximate surface area is 269 Å². The van der Waals surface area contributed by atoms with Gasteiger partial charge in [0.15, 0.2) is 11.5 Å². The number of piperidine rings is 1. The summed E-state index contributed by atoms with van der Waals surface area (Å²) in [6, 6.07) is 14.2. The second-order valence-corrected chi connectivity index (χ2v) is 9.74. The van der Waals surface area contributed by atoms with Gasteiger partial charge in [-0.2, -0.15) is 44.6 Å². The van der Waals surface area contributed by atoms with Gasteiger partial charge in [-0.15, -0.1) is 0 Å². The Morgan fingerprint density at radius 2 is 1.37 bits per heavy atom. The first-order chi connectivity index (χ1) is 22.7. The summed E-state index contributed by atoms with van der Waals surface area (Å²) in [7, 11) is 0. The van der Waals surface area contributed by atoms with Crippen LogP contribution < -0.4 is 0 Å². The standard InChI is InChI=1S/C22H22N6.3C2HF3O2/c1-2-11-24-20(7-1)16-27-12-4-6-19(14-27)22-25-21-9-8-18(15-28(21)26-22)17-5-3-10-23-13-17;3*3-2(4,5)1(6)7/h1-3,5,7-11,13,15,19H,4,6,12,14,16H2;3*(H,6,7). The van der Waals surface area contributed by atoms with Gasteiger partial charge in [-0.1, -0.05) is 12.1 Å². The van der Waals surface area contributed by atoms with Gasteiger partial charge in [0.2, 0.25) is 0 Å². The highest BCUT2D eigenvalue weighted by Crippen LogP contribution is 2.27. The lowest BCUT2D eigenvalue weighted by Crippen LogP contribution is -2.34. The van der Waals surface area contributed by atoms with E-state index in [1.54, 1.807) is 6.20 Å². The third kappa shape index (κ3) is 13.7. The summed E-state index contributed by atoms with van der Waals surface area (Å²) in [4.78, 5) is 42.6. The van der Waals surface area contributed by atoms with Gasteiger partial charge >= 0.3 is 36.4 Å². The molecule has 1 unspecified atom stereocenters. The predicted octanol–water partition coefficient (Wildman–Crippen LogP) is 5.47. The van der Waals surface area contributed by atoms with E-state index in [9.17, 15) is 39.5 Å². The molecule has 4 aromatic rings. The van der Waals surface area contributed by atoms with Crippen LogP contribution in [0, 0.1) is 0 Å². The molecule has 49 heavy (non-hydrogen) atoms. The molecule has 0 spiro atoms. The van der Waals surface area contributed by atoms with Crippen LogP contribution in [0.15, 0.2) is 67.3 Å². The Bertz CT molecular complexity index is 1610. The Kier molecular flexibility index (Phi) is 14.0. The van der Waals surface area contributed by atoms with Gasteiger partial charge in [0, 0.05) is 54.9 Å². The van der Waals surface area contributed by atoms with Gasteiger partial charge in [0.25, 0.3) is 0 Å².